The molecule has 0 spiro atoms. The molecule has 0 saturated heterocycles. The van der Waals surface area contributed by atoms with Crippen LogP contribution in [0, 0.1) is 0 Å². The summed E-state index contributed by atoms with van der Waals surface area (Å²) < 4.78 is 27.1. The van der Waals surface area contributed by atoms with E-state index >= 15 is 0 Å². The third-order valence-corrected chi connectivity index (χ3v) is 5.67. The molecule has 7 nitrogen and oxygen atoms in total. The molecule has 0 fully saturated rings. The first-order valence-electron chi connectivity index (χ1n) is 8.19. The van der Waals surface area contributed by atoms with Gasteiger partial charge in [0.2, 0.25) is 10.0 Å². The SMILES string of the molecule is CC1=C(C)CN(C(=O)Nc2ccc(S(=O)(=O)NC(C)(C)C)cn2)CC1. The second-order valence-electron chi connectivity index (χ2n) is 7.40. The van der Waals surface area contributed by atoms with Crippen molar-refractivity contribution in [1.29, 1.82) is 0 Å². The van der Waals surface area contributed by atoms with Gasteiger partial charge in [0.1, 0.15) is 10.7 Å². The zero-order chi connectivity index (χ0) is 18.8. The first-order valence-corrected chi connectivity index (χ1v) is 9.67. The number of aromatic nitrogens is 1. The van der Waals surface area contributed by atoms with Crippen LogP contribution in [0.1, 0.15) is 41.0 Å². The fourth-order valence-electron chi connectivity index (χ4n) is 2.45. The quantitative estimate of drug-likeness (QED) is 0.805. The van der Waals surface area contributed by atoms with E-state index in [9.17, 15) is 13.2 Å². The first-order chi connectivity index (χ1) is 11.5. The monoisotopic (exact) mass is 366 g/mol. The number of carbonyl (C=O) groups is 1. The van der Waals surface area contributed by atoms with Crippen LogP contribution in [0.3, 0.4) is 0 Å². The normalized spacial score (nSPS) is 16.1. The molecule has 2 rings (SSSR count). The van der Waals surface area contributed by atoms with Crippen LogP contribution in [-0.4, -0.2) is 43.0 Å². The van der Waals surface area contributed by atoms with Gasteiger partial charge in [0, 0.05) is 24.8 Å². The van der Waals surface area contributed by atoms with E-state index in [4.69, 9.17) is 0 Å². The van der Waals surface area contributed by atoms with Gasteiger partial charge in [0.05, 0.1) is 0 Å². The lowest BCUT2D eigenvalue weighted by molar-refractivity contribution is 0.214. The Balaban J connectivity index is 2.05. The number of nitrogens with one attached hydrogen (secondary N) is 2. The van der Waals surface area contributed by atoms with Crippen molar-refractivity contribution in [3.8, 4) is 0 Å². The van der Waals surface area contributed by atoms with Crippen molar-refractivity contribution in [3.63, 3.8) is 0 Å². The molecule has 2 amide bonds. The van der Waals surface area contributed by atoms with Gasteiger partial charge in [-0.1, -0.05) is 11.1 Å². The van der Waals surface area contributed by atoms with Crippen LogP contribution in [0.15, 0.2) is 34.4 Å². The maximum atomic E-state index is 12.3. The lowest BCUT2D eigenvalue weighted by Crippen LogP contribution is -2.40. The summed E-state index contributed by atoms with van der Waals surface area (Å²) in [5.41, 5.74) is 1.94. The van der Waals surface area contributed by atoms with E-state index < -0.39 is 15.6 Å². The van der Waals surface area contributed by atoms with Crippen LogP contribution < -0.4 is 10.0 Å². The summed E-state index contributed by atoms with van der Waals surface area (Å²) in [5.74, 6) is 0.323. The molecule has 2 N–H and O–H groups in total. The van der Waals surface area contributed by atoms with Crippen molar-refractivity contribution in [2.24, 2.45) is 0 Å². The number of rotatable bonds is 3. The maximum Gasteiger partial charge on any atom is 0.323 e. The standard InChI is InChI=1S/C17H26N4O3S/c1-12-8-9-21(11-13(12)2)16(22)19-15-7-6-14(10-18-15)25(23,24)20-17(3,4)5/h6-7,10,20H,8-9,11H2,1-5H3,(H,18,19,22). The predicted octanol–water partition coefficient (Wildman–Crippen LogP) is 2.73. The molecule has 138 valence electrons. The lowest BCUT2D eigenvalue weighted by Gasteiger charge is -2.28. The molecule has 1 aromatic heterocycles. The van der Waals surface area contributed by atoms with Crippen LogP contribution in [0.25, 0.3) is 0 Å². The number of pyridine rings is 1. The summed E-state index contributed by atoms with van der Waals surface area (Å²) in [6.07, 6.45) is 2.11. The second kappa shape index (κ2) is 7.13. The van der Waals surface area contributed by atoms with Crippen molar-refractivity contribution in [1.82, 2.24) is 14.6 Å². The Morgan fingerprint density at radius 1 is 1.20 bits per heavy atom. The smallest absolute Gasteiger partial charge is 0.320 e. The van der Waals surface area contributed by atoms with E-state index in [2.05, 4.69) is 21.9 Å². The molecule has 0 unspecified atom stereocenters. The Morgan fingerprint density at radius 3 is 2.40 bits per heavy atom. The van der Waals surface area contributed by atoms with Crippen LogP contribution in [-0.2, 0) is 10.0 Å². The van der Waals surface area contributed by atoms with Crippen molar-refractivity contribution in [3.05, 3.63) is 29.5 Å². The van der Waals surface area contributed by atoms with Gasteiger partial charge in [-0.3, -0.25) is 5.32 Å². The lowest BCUT2D eigenvalue weighted by atomic mass is 10.0. The van der Waals surface area contributed by atoms with Gasteiger partial charge in [-0.05, 0) is 53.2 Å². The van der Waals surface area contributed by atoms with Gasteiger partial charge in [0.25, 0.3) is 0 Å². The van der Waals surface area contributed by atoms with Crippen molar-refractivity contribution in [2.75, 3.05) is 18.4 Å². The average Bonchev–Trinajstić information content (AvgIpc) is 2.48. The predicted molar refractivity (Wildman–Crippen MR) is 97.9 cm³/mol. The van der Waals surface area contributed by atoms with E-state index in [1.54, 1.807) is 25.7 Å². The number of urea groups is 1. The number of sulfonamides is 1. The van der Waals surface area contributed by atoms with Crippen LogP contribution >= 0.6 is 0 Å². The molecule has 0 aromatic carbocycles. The number of nitrogens with zero attached hydrogens (tertiary/aromatic N) is 2. The second-order valence-corrected chi connectivity index (χ2v) is 9.08. The van der Waals surface area contributed by atoms with Gasteiger partial charge in [0.15, 0.2) is 0 Å². The molecule has 1 aliphatic heterocycles. The molecule has 2 heterocycles. The van der Waals surface area contributed by atoms with E-state index in [0.717, 1.165) is 6.42 Å². The minimum Gasteiger partial charge on any atom is -0.320 e. The molecule has 25 heavy (non-hydrogen) atoms. The van der Waals surface area contributed by atoms with Gasteiger partial charge < -0.3 is 4.90 Å². The van der Waals surface area contributed by atoms with E-state index in [1.807, 2.05) is 6.92 Å². The van der Waals surface area contributed by atoms with E-state index in [-0.39, 0.29) is 10.9 Å². The zero-order valence-electron chi connectivity index (χ0n) is 15.4. The Hall–Kier alpha value is -1.93. The highest BCUT2D eigenvalue weighted by molar-refractivity contribution is 7.89. The fourth-order valence-corrected chi connectivity index (χ4v) is 3.82. The Bertz CT molecular complexity index is 777. The number of anilines is 1. The highest BCUT2D eigenvalue weighted by Gasteiger charge is 2.23. The number of hydrogen-bond acceptors (Lipinski definition) is 4. The topological polar surface area (TPSA) is 91.4 Å². The summed E-state index contributed by atoms with van der Waals surface area (Å²) in [5, 5.41) is 2.71. The summed E-state index contributed by atoms with van der Waals surface area (Å²) in [6.45, 7) is 10.7. The van der Waals surface area contributed by atoms with Gasteiger partial charge >= 0.3 is 6.03 Å². The van der Waals surface area contributed by atoms with Crippen molar-refractivity contribution < 1.29 is 13.2 Å². The van der Waals surface area contributed by atoms with E-state index in [0.29, 0.717) is 18.9 Å². The summed E-state index contributed by atoms with van der Waals surface area (Å²) >= 11 is 0. The number of hydrogen-bond donors (Lipinski definition) is 2. The van der Waals surface area contributed by atoms with Gasteiger partial charge in [-0.25, -0.2) is 22.9 Å². The first kappa shape index (κ1) is 19.4. The molecule has 1 aliphatic rings. The maximum absolute atomic E-state index is 12.3. The fraction of sp³-hybridized carbons (Fsp3) is 0.529. The molecule has 8 heteroatoms. The Morgan fingerprint density at radius 2 is 1.88 bits per heavy atom. The highest BCUT2D eigenvalue weighted by atomic mass is 32.2. The zero-order valence-corrected chi connectivity index (χ0v) is 16.2. The van der Waals surface area contributed by atoms with Gasteiger partial charge in [-0.2, -0.15) is 0 Å². The molecule has 0 aliphatic carbocycles. The van der Waals surface area contributed by atoms with E-state index in [1.165, 1.54) is 29.5 Å². The van der Waals surface area contributed by atoms with Crippen LogP contribution in [0.5, 0.6) is 0 Å². The summed E-state index contributed by atoms with van der Waals surface area (Å²) in [6, 6.07) is 2.69. The molecule has 0 bridgehead atoms. The number of carbonyl (C=O) groups excluding carboxylic acids is 1. The summed E-state index contributed by atoms with van der Waals surface area (Å²) in [4.78, 5) is 18.1. The third kappa shape index (κ3) is 5.27. The molecule has 1 aromatic rings. The molecule has 0 radical (unpaired) electrons. The Labute approximate surface area is 149 Å². The highest BCUT2D eigenvalue weighted by Crippen LogP contribution is 2.18. The molecular formula is C17H26N4O3S. The minimum atomic E-state index is -3.64. The van der Waals surface area contributed by atoms with Crippen molar-refractivity contribution >= 4 is 21.9 Å². The molecule has 0 saturated carbocycles. The van der Waals surface area contributed by atoms with Crippen molar-refractivity contribution in [2.45, 2.75) is 51.5 Å². The minimum absolute atomic E-state index is 0.0628. The van der Waals surface area contributed by atoms with Gasteiger partial charge in [-0.15, -0.1) is 0 Å². The third-order valence-electron chi connectivity index (χ3n) is 3.92. The van der Waals surface area contributed by atoms with Crippen LogP contribution in [0.4, 0.5) is 10.6 Å². The largest absolute Gasteiger partial charge is 0.323 e. The summed E-state index contributed by atoms with van der Waals surface area (Å²) in [7, 11) is -3.64. The Kier molecular flexibility index (Phi) is 5.53. The van der Waals surface area contributed by atoms with Crippen LogP contribution in [0.2, 0.25) is 0 Å². The number of amides is 2. The molecule has 0 atom stereocenters. The average molecular weight is 366 g/mol. The molecular weight excluding hydrogens is 340 g/mol.